The lowest BCUT2D eigenvalue weighted by Crippen LogP contribution is -2.49. The first-order chi connectivity index (χ1) is 16.8. The van der Waals surface area contributed by atoms with Gasteiger partial charge in [0.1, 0.15) is 29.0 Å². The predicted octanol–water partition coefficient (Wildman–Crippen LogP) is 2.36. The molecule has 8 nitrogen and oxygen atoms in total. The fourth-order valence-corrected chi connectivity index (χ4v) is 4.93. The van der Waals surface area contributed by atoms with Crippen molar-refractivity contribution < 1.29 is 27.8 Å². The first kappa shape index (κ1) is 24.8. The minimum atomic E-state index is -0.692. The van der Waals surface area contributed by atoms with Crippen molar-refractivity contribution in [2.45, 2.75) is 44.8 Å². The van der Waals surface area contributed by atoms with Gasteiger partial charge in [0.15, 0.2) is 0 Å². The molecule has 0 saturated carbocycles. The molecule has 10 heteroatoms. The third-order valence-electron chi connectivity index (χ3n) is 6.77. The SMILES string of the molecule is COC(=O)[C@H]1CCCCN1C(=O)c1c(OC)cc(=O)n2c1CCN(Cc1ccc(F)cc1F)CC2. The van der Waals surface area contributed by atoms with Crippen LogP contribution in [-0.2, 0) is 29.0 Å². The van der Waals surface area contributed by atoms with E-state index >= 15 is 0 Å². The van der Waals surface area contributed by atoms with E-state index in [1.54, 1.807) is 4.57 Å². The molecule has 1 atom stereocenters. The van der Waals surface area contributed by atoms with Gasteiger partial charge >= 0.3 is 5.97 Å². The number of hydrogen-bond acceptors (Lipinski definition) is 6. The quantitative estimate of drug-likeness (QED) is 0.600. The highest BCUT2D eigenvalue weighted by atomic mass is 19.1. The molecule has 188 valence electrons. The van der Waals surface area contributed by atoms with Crippen LogP contribution < -0.4 is 10.3 Å². The number of pyridine rings is 1. The van der Waals surface area contributed by atoms with Crippen molar-refractivity contribution in [3.05, 3.63) is 63.1 Å². The van der Waals surface area contributed by atoms with Gasteiger partial charge in [-0.2, -0.15) is 0 Å². The normalized spacial score (nSPS) is 18.5. The Morgan fingerprint density at radius 1 is 1.06 bits per heavy atom. The standard InChI is InChI=1S/C25H29F2N3O5/c1-34-21-14-22(31)29-12-11-28(15-16-6-7-17(26)13-18(16)27)10-8-19(29)23(21)24(32)30-9-4-3-5-20(30)25(33)35-2/h6-7,13-14,20H,3-5,8-12,15H2,1-2H3/t20-/m1/s1. The average molecular weight is 490 g/mol. The molecule has 1 amide bonds. The zero-order valence-corrected chi connectivity index (χ0v) is 19.9. The van der Waals surface area contributed by atoms with E-state index in [1.165, 1.54) is 37.3 Å². The fourth-order valence-electron chi connectivity index (χ4n) is 4.93. The Balaban J connectivity index is 1.66. The lowest BCUT2D eigenvalue weighted by molar-refractivity contribution is -0.147. The molecule has 0 unspecified atom stereocenters. The molecule has 0 spiro atoms. The first-order valence-corrected chi connectivity index (χ1v) is 11.7. The highest BCUT2D eigenvalue weighted by molar-refractivity contribution is 6.00. The second kappa shape index (κ2) is 10.6. The summed E-state index contributed by atoms with van der Waals surface area (Å²) in [7, 11) is 2.70. The molecular weight excluding hydrogens is 460 g/mol. The van der Waals surface area contributed by atoms with Crippen LogP contribution in [0.1, 0.15) is 40.9 Å². The number of benzene rings is 1. The van der Waals surface area contributed by atoms with Gasteiger partial charge in [0, 0.05) is 62.5 Å². The van der Waals surface area contributed by atoms with Gasteiger partial charge in [-0.05, 0) is 25.3 Å². The van der Waals surface area contributed by atoms with E-state index in [-0.39, 0.29) is 29.3 Å². The van der Waals surface area contributed by atoms with Crippen LogP contribution in [-0.4, -0.2) is 66.1 Å². The number of aromatic nitrogens is 1. The fraction of sp³-hybridized carbons (Fsp3) is 0.480. The molecule has 1 aromatic carbocycles. The number of likely N-dealkylation sites (tertiary alicyclic amines) is 1. The van der Waals surface area contributed by atoms with Crippen molar-refractivity contribution in [2.24, 2.45) is 0 Å². The van der Waals surface area contributed by atoms with Crippen LogP contribution >= 0.6 is 0 Å². The molecule has 0 radical (unpaired) electrons. The maximum absolute atomic E-state index is 14.2. The molecule has 1 fully saturated rings. The minimum Gasteiger partial charge on any atom is -0.496 e. The Bertz CT molecular complexity index is 1180. The van der Waals surface area contributed by atoms with Gasteiger partial charge in [0.05, 0.1) is 14.2 Å². The maximum atomic E-state index is 14.2. The smallest absolute Gasteiger partial charge is 0.328 e. The summed E-state index contributed by atoms with van der Waals surface area (Å²) in [6, 6.07) is 4.08. The van der Waals surface area contributed by atoms with Gasteiger partial charge < -0.3 is 18.9 Å². The van der Waals surface area contributed by atoms with Gasteiger partial charge in [-0.3, -0.25) is 14.5 Å². The van der Waals surface area contributed by atoms with Crippen molar-refractivity contribution in [3.63, 3.8) is 0 Å². The summed E-state index contributed by atoms with van der Waals surface area (Å²) in [5, 5.41) is 0. The van der Waals surface area contributed by atoms with Crippen LogP contribution in [0.3, 0.4) is 0 Å². The van der Waals surface area contributed by atoms with E-state index < -0.39 is 23.6 Å². The molecule has 1 saturated heterocycles. The number of fused-ring (bicyclic) bond motifs is 1. The summed E-state index contributed by atoms with van der Waals surface area (Å²) in [4.78, 5) is 42.5. The molecule has 35 heavy (non-hydrogen) atoms. The summed E-state index contributed by atoms with van der Waals surface area (Å²) in [6.07, 6.45) is 2.41. The third kappa shape index (κ3) is 5.07. The number of esters is 1. The molecular formula is C25H29F2N3O5. The van der Waals surface area contributed by atoms with E-state index in [2.05, 4.69) is 0 Å². The number of halogens is 2. The molecule has 2 aromatic rings. The maximum Gasteiger partial charge on any atom is 0.328 e. The van der Waals surface area contributed by atoms with Crippen molar-refractivity contribution in [3.8, 4) is 5.75 Å². The Morgan fingerprint density at radius 3 is 2.57 bits per heavy atom. The number of amides is 1. The summed E-state index contributed by atoms with van der Waals surface area (Å²) < 4.78 is 39.4. The Morgan fingerprint density at radius 2 is 1.86 bits per heavy atom. The second-order valence-electron chi connectivity index (χ2n) is 8.82. The van der Waals surface area contributed by atoms with Crippen LogP contribution in [0.5, 0.6) is 5.75 Å². The largest absolute Gasteiger partial charge is 0.496 e. The van der Waals surface area contributed by atoms with Crippen molar-refractivity contribution in [1.29, 1.82) is 0 Å². The summed E-state index contributed by atoms with van der Waals surface area (Å²) in [5.41, 5.74) is 0.840. The Kier molecular flexibility index (Phi) is 7.49. The minimum absolute atomic E-state index is 0.165. The number of ether oxygens (including phenoxy) is 2. The molecule has 2 aliphatic rings. The van der Waals surface area contributed by atoms with E-state index in [0.717, 1.165) is 18.9 Å². The number of nitrogens with zero attached hydrogens (tertiary/aromatic N) is 3. The average Bonchev–Trinajstić information content (AvgIpc) is 3.07. The van der Waals surface area contributed by atoms with Crippen LogP contribution in [0.25, 0.3) is 0 Å². The molecule has 0 N–H and O–H groups in total. The lowest BCUT2D eigenvalue weighted by atomic mass is 9.99. The highest BCUT2D eigenvalue weighted by Crippen LogP contribution is 2.28. The topological polar surface area (TPSA) is 81.1 Å². The number of rotatable bonds is 5. The molecule has 4 rings (SSSR count). The number of carbonyl (C=O) groups excluding carboxylic acids is 2. The Hall–Kier alpha value is -3.27. The molecule has 0 aliphatic carbocycles. The van der Waals surface area contributed by atoms with E-state index in [0.29, 0.717) is 50.3 Å². The van der Waals surface area contributed by atoms with Crippen molar-refractivity contribution in [2.75, 3.05) is 33.9 Å². The summed E-state index contributed by atoms with van der Waals surface area (Å²) in [5.74, 6) is -1.94. The van der Waals surface area contributed by atoms with Crippen LogP contribution in [0, 0.1) is 11.6 Å². The number of hydrogen-bond donors (Lipinski definition) is 0. The summed E-state index contributed by atoms with van der Waals surface area (Å²) >= 11 is 0. The second-order valence-corrected chi connectivity index (χ2v) is 8.82. The van der Waals surface area contributed by atoms with Gasteiger partial charge in [-0.15, -0.1) is 0 Å². The van der Waals surface area contributed by atoms with Crippen molar-refractivity contribution >= 4 is 11.9 Å². The number of carbonyl (C=O) groups is 2. The summed E-state index contributed by atoms with van der Waals surface area (Å²) in [6.45, 7) is 1.83. The van der Waals surface area contributed by atoms with Gasteiger partial charge in [0.25, 0.3) is 11.5 Å². The van der Waals surface area contributed by atoms with Gasteiger partial charge in [0.2, 0.25) is 0 Å². The van der Waals surface area contributed by atoms with Crippen LogP contribution in [0.2, 0.25) is 0 Å². The molecule has 3 heterocycles. The number of piperidine rings is 1. The highest BCUT2D eigenvalue weighted by Gasteiger charge is 2.36. The van der Waals surface area contributed by atoms with Crippen LogP contribution in [0.4, 0.5) is 8.78 Å². The zero-order chi connectivity index (χ0) is 25.1. The van der Waals surface area contributed by atoms with Crippen LogP contribution in [0.15, 0.2) is 29.1 Å². The molecule has 0 bridgehead atoms. The van der Waals surface area contributed by atoms with E-state index in [9.17, 15) is 23.2 Å². The molecule has 1 aromatic heterocycles. The number of methoxy groups -OCH3 is 2. The third-order valence-corrected chi connectivity index (χ3v) is 6.77. The molecule has 2 aliphatic heterocycles. The first-order valence-electron chi connectivity index (χ1n) is 11.7. The predicted molar refractivity (Wildman–Crippen MR) is 123 cm³/mol. The zero-order valence-electron chi connectivity index (χ0n) is 19.9. The van der Waals surface area contributed by atoms with Gasteiger partial charge in [-0.1, -0.05) is 6.07 Å². The van der Waals surface area contributed by atoms with Crippen molar-refractivity contribution in [1.82, 2.24) is 14.4 Å². The van der Waals surface area contributed by atoms with Gasteiger partial charge in [-0.25, -0.2) is 13.6 Å². The monoisotopic (exact) mass is 489 g/mol. The lowest BCUT2D eigenvalue weighted by Gasteiger charge is -2.34. The van der Waals surface area contributed by atoms with E-state index in [1.807, 2.05) is 4.90 Å². The Labute approximate surface area is 202 Å². The van der Waals surface area contributed by atoms with E-state index in [4.69, 9.17) is 9.47 Å².